The van der Waals surface area contributed by atoms with E-state index in [1.807, 2.05) is 0 Å². The van der Waals surface area contributed by atoms with E-state index >= 15 is 0 Å². The van der Waals surface area contributed by atoms with Crippen LogP contribution in [0.2, 0.25) is 0 Å². The van der Waals surface area contributed by atoms with E-state index in [1.54, 1.807) is 6.92 Å². The van der Waals surface area contributed by atoms with Gasteiger partial charge in [0.25, 0.3) is 15.9 Å². The lowest BCUT2D eigenvalue weighted by Crippen LogP contribution is -2.24. The molecule has 2 rings (SSSR count). The highest BCUT2D eigenvalue weighted by atomic mass is 32.2. The van der Waals surface area contributed by atoms with Gasteiger partial charge in [0.2, 0.25) is 0 Å². The molecule has 146 valence electrons. The molecular weight excluding hydrogens is 385 g/mol. The van der Waals surface area contributed by atoms with Gasteiger partial charge < -0.3 is 10.1 Å². The Morgan fingerprint density at radius 1 is 1.15 bits per heavy atom. The summed E-state index contributed by atoms with van der Waals surface area (Å²) in [6, 6.07) is 7.39. The van der Waals surface area contributed by atoms with E-state index in [0.717, 1.165) is 18.2 Å². The largest absolute Gasteiger partial charge is 0.496 e. The van der Waals surface area contributed by atoms with E-state index in [4.69, 9.17) is 4.74 Å². The van der Waals surface area contributed by atoms with Crippen molar-refractivity contribution in [2.75, 3.05) is 18.4 Å². The van der Waals surface area contributed by atoms with Crippen LogP contribution >= 0.6 is 0 Å². The van der Waals surface area contributed by atoms with Gasteiger partial charge in [-0.05, 0) is 43.3 Å². The summed E-state index contributed by atoms with van der Waals surface area (Å²) in [6.45, 7) is 2.02. The number of nitrogens with one attached hydrogen (secondary N) is 2. The number of sulfonamides is 1. The van der Waals surface area contributed by atoms with E-state index in [1.165, 1.54) is 25.3 Å². The summed E-state index contributed by atoms with van der Waals surface area (Å²) in [5, 5.41) is 2.53. The normalized spacial score (nSPS) is 11.7. The maximum atomic E-state index is 12.8. The fraction of sp³-hybridized carbons (Fsp3) is 0.235. The van der Waals surface area contributed by atoms with Crippen molar-refractivity contribution in [3.63, 3.8) is 0 Å². The van der Waals surface area contributed by atoms with Crippen molar-refractivity contribution < 1.29 is 31.1 Å². The lowest BCUT2D eigenvalue weighted by atomic mass is 10.2. The Balaban J connectivity index is 2.40. The summed E-state index contributed by atoms with van der Waals surface area (Å²) in [6.07, 6.45) is -4.60. The van der Waals surface area contributed by atoms with Gasteiger partial charge in [-0.1, -0.05) is 6.07 Å². The number of halogens is 3. The van der Waals surface area contributed by atoms with E-state index in [-0.39, 0.29) is 21.9 Å². The maximum Gasteiger partial charge on any atom is 0.416 e. The second-order valence-electron chi connectivity index (χ2n) is 5.41. The predicted octanol–water partition coefficient (Wildman–Crippen LogP) is 3.26. The molecule has 2 N–H and O–H groups in total. The smallest absolute Gasteiger partial charge is 0.416 e. The lowest BCUT2D eigenvalue weighted by Gasteiger charge is -2.13. The van der Waals surface area contributed by atoms with Crippen LogP contribution in [0.15, 0.2) is 47.4 Å². The summed E-state index contributed by atoms with van der Waals surface area (Å²) in [5.74, 6) is -0.371. The van der Waals surface area contributed by atoms with Crippen LogP contribution in [0.3, 0.4) is 0 Å². The van der Waals surface area contributed by atoms with Crippen LogP contribution in [0.4, 0.5) is 18.9 Å². The van der Waals surface area contributed by atoms with E-state index in [0.29, 0.717) is 12.6 Å². The Labute approximate surface area is 154 Å². The molecule has 0 aliphatic carbocycles. The molecule has 1 amide bonds. The Morgan fingerprint density at radius 2 is 1.85 bits per heavy atom. The Bertz CT molecular complexity index is 943. The van der Waals surface area contributed by atoms with Gasteiger partial charge in [0, 0.05) is 12.2 Å². The first-order valence-corrected chi connectivity index (χ1v) is 9.23. The fourth-order valence-electron chi connectivity index (χ4n) is 2.26. The zero-order valence-corrected chi connectivity index (χ0v) is 15.2. The summed E-state index contributed by atoms with van der Waals surface area (Å²) >= 11 is 0. The quantitative estimate of drug-likeness (QED) is 0.777. The molecule has 0 unspecified atom stereocenters. The summed E-state index contributed by atoms with van der Waals surface area (Å²) < 4.78 is 70.6. The Morgan fingerprint density at radius 3 is 2.44 bits per heavy atom. The number of methoxy groups -OCH3 is 1. The number of hydrogen-bond acceptors (Lipinski definition) is 4. The van der Waals surface area contributed by atoms with Crippen LogP contribution in [0.5, 0.6) is 5.75 Å². The molecule has 0 bridgehead atoms. The standard InChI is InChI=1S/C17H17F3N2O4S/c1-3-21-16(23)14-10-13(7-8-15(14)26-2)27(24,25)22-12-6-4-5-11(9-12)17(18,19)20/h4-10,22H,3H2,1-2H3,(H,21,23). The first-order chi connectivity index (χ1) is 12.6. The van der Waals surface area contributed by atoms with Crippen molar-refractivity contribution in [3.05, 3.63) is 53.6 Å². The number of amides is 1. The molecule has 0 aliphatic rings. The van der Waals surface area contributed by atoms with Gasteiger partial charge >= 0.3 is 6.18 Å². The summed E-state index contributed by atoms with van der Waals surface area (Å²) in [7, 11) is -2.90. The molecule has 2 aromatic rings. The van der Waals surface area contributed by atoms with Crippen LogP contribution in [0, 0.1) is 0 Å². The molecule has 0 saturated heterocycles. The Kier molecular flexibility index (Phi) is 5.99. The van der Waals surface area contributed by atoms with Gasteiger partial charge in [-0.2, -0.15) is 13.2 Å². The van der Waals surface area contributed by atoms with Crippen molar-refractivity contribution in [2.24, 2.45) is 0 Å². The van der Waals surface area contributed by atoms with Gasteiger partial charge in [-0.25, -0.2) is 8.42 Å². The van der Waals surface area contributed by atoms with Crippen LogP contribution in [0.25, 0.3) is 0 Å². The zero-order valence-electron chi connectivity index (χ0n) is 14.4. The third-order valence-corrected chi connectivity index (χ3v) is 4.88. The van der Waals surface area contributed by atoms with E-state index in [2.05, 4.69) is 10.0 Å². The SMILES string of the molecule is CCNC(=O)c1cc(S(=O)(=O)Nc2cccc(C(F)(F)F)c2)ccc1OC. The minimum Gasteiger partial charge on any atom is -0.496 e. The molecule has 6 nitrogen and oxygen atoms in total. The summed E-state index contributed by atoms with van der Waals surface area (Å²) in [5.41, 5.74) is -1.24. The molecule has 0 radical (unpaired) electrons. The number of anilines is 1. The van der Waals surface area contributed by atoms with Crippen molar-refractivity contribution in [3.8, 4) is 5.75 Å². The molecule has 0 spiro atoms. The predicted molar refractivity (Wildman–Crippen MR) is 93.3 cm³/mol. The molecule has 0 saturated carbocycles. The monoisotopic (exact) mass is 402 g/mol. The highest BCUT2D eigenvalue weighted by Crippen LogP contribution is 2.31. The molecular formula is C17H17F3N2O4S. The molecule has 0 heterocycles. The first-order valence-electron chi connectivity index (χ1n) is 7.75. The van der Waals surface area contributed by atoms with E-state index in [9.17, 15) is 26.4 Å². The van der Waals surface area contributed by atoms with Gasteiger partial charge in [-0.3, -0.25) is 9.52 Å². The molecule has 0 fully saturated rings. The topological polar surface area (TPSA) is 84.5 Å². The second-order valence-corrected chi connectivity index (χ2v) is 7.09. The van der Waals surface area contributed by atoms with Crippen LogP contribution < -0.4 is 14.8 Å². The van der Waals surface area contributed by atoms with Crippen molar-refractivity contribution >= 4 is 21.6 Å². The number of alkyl halides is 3. The molecule has 0 aliphatic heterocycles. The fourth-order valence-corrected chi connectivity index (χ4v) is 3.34. The highest BCUT2D eigenvalue weighted by molar-refractivity contribution is 7.92. The van der Waals surface area contributed by atoms with Crippen LogP contribution in [0.1, 0.15) is 22.8 Å². The van der Waals surface area contributed by atoms with Crippen LogP contribution in [-0.2, 0) is 16.2 Å². The van der Waals surface area contributed by atoms with Gasteiger partial charge in [0.1, 0.15) is 5.75 Å². The molecule has 0 aromatic heterocycles. The van der Waals surface area contributed by atoms with Gasteiger partial charge in [-0.15, -0.1) is 0 Å². The van der Waals surface area contributed by atoms with Crippen molar-refractivity contribution in [1.29, 1.82) is 0 Å². The maximum absolute atomic E-state index is 12.8. The molecule has 2 aromatic carbocycles. The minimum absolute atomic E-state index is 0.00809. The molecule has 10 heteroatoms. The molecule has 27 heavy (non-hydrogen) atoms. The highest BCUT2D eigenvalue weighted by Gasteiger charge is 2.30. The van der Waals surface area contributed by atoms with E-state index < -0.39 is 27.7 Å². The first kappa shape index (κ1) is 20.6. The van der Waals surface area contributed by atoms with Crippen molar-refractivity contribution in [2.45, 2.75) is 18.0 Å². The third kappa shape index (κ3) is 4.91. The number of hydrogen-bond donors (Lipinski definition) is 2. The van der Waals surface area contributed by atoms with Crippen LogP contribution in [-0.4, -0.2) is 28.0 Å². The van der Waals surface area contributed by atoms with Gasteiger partial charge in [0.15, 0.2) is 0 Å². The number of carbonyl (C=O) groups excluding carboxylic acids is 1. The molecule has 0 atom stereocenters. The van der Waals surface area contributed by atoms with Gasteiger partial charge in [0.05, 0.1) is 23.1 Å². The number of benzene rings is 2. The third-order valence-electron chi connectivity index (χ3n) is 3.51. The number of carbonyl (C=O) groups is 1. The average Bonchev–Trinajstić information content (AvgIpc) is 2.60. The Hall–Kier alpha value is -2.75. The number of rotatable bonds is 6. The second kappa shape index (κ2) is 7.87. The number of ether oxygens (including phenoxy) is 1. The lowest BCUT2D eigenvalue weighted by molar-refractivity contribution is -0.137. The average molecular weight is 402 g/mol. The minimum atomic E-state index is -4.60. The zero-order chi connectivity index (χ0) is 20.2. The summed E-state index contributed by atoms with van der Waals surface area (Å²) in [4.78, 5) is 11.8. The van der Waals surface area contributed by atoms with Crippen molar-refractivity contribution in [1.82, 2.24) is 5.32 Å².